The Morgan fingerprint density at radius 3 is 2.73 bits per heavy atom. The Kier molecular flexibility index (Phi) is 4.54. The van der Waals surface area contributed by atoms with Crippen molar-refractivity contribution in [2.75, 3.05) is 19.6 Å². The SMILES string of the molecule is CC(C)C1CNCCN1C(C)CC(=O)O. The van der Waals surface area contributed by atoms with Crippen LogP contribution in [-0.2, 0) is 4.79 Å². The predicted molar refractivity (Wildman–Crippen MR) is 59.9 cm³/mol. The van der Waals surface area contributed by atoms with Gasteiger partial charge >= 0.3 is 5.97 Å². The molecule has 1 aliphatic heterocycles. The molecule has 0 saturated carbocycles. The Balaban J connectivity index is 2.58. The van der Waals surface area contributed by atoms with Crippen LogP contribution in [0.15, 0.2) is 0 Å². The fourth-order valence-corrected chi connectivity index (χ4v) is 2.28. The number of nitrogens with zero attached hydrogens (tertiary/aromatic N) is 1. The molecule has 0 bridgehead atoms. The number of hydrogen-bond acceptors (Lipinski definition) is 3. The molecule has 0 amide bonds. The summed E-state index contributed by atoms with van der Waals surface area (Å²) in [7, 11) is 0. The maximum Gasteiger partial charge on any atom is 0.304 e. The molecule has 2 unspecified atom stereocenters. The topological polar surface area (TPSA) is 52.6 Å². The van der Waals surface area contributed by atoms with Gasteiger partial charge in [0.1, 0.15) is 0 Å². The fourth-order valence-electron chi connectivity index (χ4n) is 2.28. The van der Waals surface area contributed by atoms with E-state index in [1.165, 1.54) is 0 Å². The fraction of sp³-hybridized carbons (Fsp3) is 0.909. The first-order valence-corrected chi connectivity index (χ1v) is 5.70. The number of piperazine rings is 1. The molecule has 0 aromatic carbocycles. The van der Waals surface area contributed by atoms with Crippen LogP contribution in [0.25, 0.3) is 0 Å². The molecule has 4 nitrogen and oxygen atoms in total. The summed E-state index contributed by atoms with van der Waals surface area (Å²) in [6.07, 6.45) is 0.239. The van der Waals surface area contributed by atoms with Gasteiger partial charge in [-0.15, -0.1) is 0 Å². The van der Waals surface area contributed by atoms with E-state index in [-0.39, 0.29) is 12.5 Å². The molecule has 0 radical (unpaired) electrons. The Hall–Kier alpha value is -0.610. The number of carboxylic acids is 1. The third-order valence-electron chi connectivity index (χ3n) is 3.13. The molecule has 2 N–H and O–H groups in total. The minimum atomic E-state index is -0.705. The second-order valence-corrected chi connectivity index (χ2v) is 4.70. The quantitative estimate of drug-likeness (QED) is 0.726. The smallest absolute Gasteiger partial charge is 0.304 e. The third-order valence-corrected chi connectivity index (χ3v) is 3.13. The molecular weight excluding hydrogens is 192 g/mol. The molecule has 1 saturated heterocycles. The Morgan fingerprint density at radius 1 is 1.53 bits per heavy atom. The Labute approximate surface area is 91.6 Å². The van der Waals surface area contributed by atoms with Crippen molar-refractivity contribution in [3.63, 3.8) is 0 Å². The summed E-state index contributed by atoms with van der Waals surface area (Å²) in [5, 5.41) is 12.2. The van der Waals surface area contributed by atoms with Crippen molar-refractivity contribution in [3.05, 3.63) is 0 Å². The van der Waals surface area contributed by atoms with E-state index < -0.39 is 5.97 Å². The van der Waals surface area contributed by atoms with E-state index in [2.05, 4.69) is 24.1 Å². The molecule has 0 aromatic rings. The van der Waals surface area contributed by atoms with E-state index in [1.54, 1.807) is 0 Å². The van der Waals surface area contributed by atoms with Gasteiger partial charge in [0.05, 0.1) is 6.42 Å². The number of aliphatic carboxylic acids is 1. The van der Waals surface area contributed by atoms with Gasteiger partial charge < -0.3 is 10.4 Å². The lowest BCUT2D eigenvalue weighted by Crippen LogP contribution is -2.56. The van der Waals surface area contributed by atoms with Crippen molar-refractivity contribution < 1.29 is 9.90 Å². The molecule has 15 heavy (non-hydrogen) atoms. The van der Waals surface area contributed by atoms with E-state index in [0.29, 0.717) is 12.0 Å². The van der Waals surface area contributed by atoms with Gasteiger partial charge in [-0.3, -0.25) is 9.69 Å². The lowest BCUT2D eigenvalue weighted by molar-refractivity contribution is -0.138. The molecular formula is C11H22N2O2. The van der Waals surface area contributed by atoms with E-state index in [1.807, 2.05) is 6.92 Å². The van der Waals surface area contributed by atoms with Crippen LogP contribution in [0.3, 0.4) is 0 Å². The summed E-state index contributed by atoms with van der Waals surface area (Å²) in [5.41, 5.74) is 0. The van der Waals surface area contributed by atoms with Crippen LogP contribution < -0.4 is 5.32 Å². The predicted octanol–water partition coefficient (Wildman–Crippen LogP) is 0.779. The molecule has 0 spiro atoms. The summed E-state index contributed by atoms with van der Waals surface area (Å²) in [6.45, 7) is 9.29. The number of hydrogen-bond donors (Lipinski definition) is 2. The summed E-state index contributed by atoms with van der Waals surface area (Å²) >= 11 is 0. The first-order valence-electron chi connectivity index (χ1n) is 5.70. The molecule has 1 rings (SSSR count). The lowest BCUT2D eigenvalue weighted by atomic mass is 9.98. The van der Waals surface area contributed by atoms with E-state index in [4.69, 9.17) is 5.11 Å². The summed E-state index contributed by atoms with van der Waals surface area (Å²) in [4.78, 5) is 13.0. The van der Waals surface area contributed by atoms with Crippen LogP contribution in [0.5, 0.6) is 0 Å². The second-order valence-electron chi connectivity index (χ2n) is 4.70. The average molecular weight is 214 g/mol. The van der Waals surface area contributed by atoms with Crippen molar-refractivity contribution in [3.8, 4) is 0 Å². The van der Waals surface area contributed by atoms with Crippen molar-refractivity contribution in [2.45, 2.75) is 39.3 Å². The largest absolute Gasteiger partial charge is 0.481 e. The first kappa shape index (κ1) is 12.5. The highest BCUT2D eigenvalue weighted by Gasteiger charge is 2.29. The maximum absolute atomic E-state index is 10.7. The highest BCUT2D eigenvalue weighted by molar-refractivity contribution is 5.67. The molecule has 0 aromatic heterocycles. The van der Waals surface area contributed by atoms with Gasteiger partial charge in [0, 0.05) is 31.7 Å². The average Bonchev–Trinajstić information content (AvgIpc) is 2.16. The van der Waals surface area contributed by atoms with Gasteiger partial charge in [0.15, 0.2) is 0 Å². The minimum Gasteiger partial charge on any atom is -0.481 e. The van der Waals surface area contributed by atoms with Gasteiger partial charge in [0.25, 0.3) is 0 Å². The Bertz CT molecular complexity index is 219. The molecule has 2 atom stereocenters. The van der Waals surface area contributed by atoms with Crippen LogP contribution in [0, 0.1) is 5.92 Å². The van der Waals surface area contributed by atoms with E-state index in [9.17, 15) is 4.79 Å². The zero-order chi connectivity index (χ0) is 11.4. The zero-order valence-corrected chi connectivity index (χ0v) is 9.86. The Morgan fingerprint density at radius 2 is 2.20 bits per heavy atom. The summed E-state index contributed by atoms with van der Waals surface area (Å²) in [6, 6.07) is 0.602. The molecule has 88 valence electrons. The van der Waals surface area contributed by atoms with Crippen molar-refractivity contribution >= 4 is 5.97 Å². The number of carbonyl (C=O) groups is 1. The van der Waals surface area contributed by atoms with E-state index in [0.717, 1.165) is 19.6 Å². The molecule has 4 heteroatoms. The van der Waals surface area contributed by atoms with Crippen molar-refractivity contribution in [1.29, 1.82) is 0 Å². The molecule has 0 aliphatic carbocycles. The van der Waals surface area contributed by atoms with Crippen molar-refractivity contribution in [1.82, 2.24) is 10.2 Å². The van der Waals surface area contributed by atoms with Crippen LogP contribution in [-0.4, -0.2) is 47.7 Å². The third kappa shape index (κ3) is 3.47. The van der Waals surface area contributed by atoms with Crippen LogP contribution in [0.4, 0.5) is 0 Å². The normalized spacial score (nSPS) is 25.5. The lowest BCUT2D eigenvalue weighted by Gasteiger charge is -2.42. The summed E-state index contributed by atoms with van der Waals surface area (Å²) in [5.74, 6) is -0.141. The zero-order valence-electron chi connectivity index (χ0n) is 9.86. The summed E-state index contributed by atoms with van der Waals surface area (Å²) < 4.78 is 0. The maximum atomic E-state index is 10.7. The van der Waals surface area contributed by atoms with Gasteiger partial charge in [-0.25, -0.2) is 0 Å². The van der Waals surface area contributed by atoms with Gasteiger partial charge in [-0.2, -0.15) is 0 Å². The highest BCUT2D eigenvalue weighted by atomic mass is 16.4. The first-order chi connectivity index (χ1) is 7.02. The minimum absolute atomic E-state index is 0.136. The molecule has 1 aliphatic rings. The second kappa shape index (κ2) is 5.47. The van der Waals surface area contributed by atoms with Crippen LogP contribution in [0.1, 0.15) is 27.2 Å². The molecule has 1 heterocycles. The number of carboxylic acid groups (broad SMARTS) is 1. The van der Waals surface area contributed by atoms with Gasteiger partial charge in [-0.1, -0.05) is 13.8 Å². The number of nitrogens with one attached hydrogen (secondary N) is 1. The molecule has 1 fully saturated rings. The monoisotopic (exact) mass is 214 g/mol. The highest BCUT2D eigenvalue weighted by Crippen LogP contribution is 2.17. The standard InChI is InChI=1S/C11H22N2O2/c1-8(2)10-7-12-4-5-13(10)9(3)6-11(14)15/h8-10,12H,4-7H2,1-3H3,(H,14,15). The van der Waals surface area contributed by atoms with Crippen molar-refractivity contribution in [2.24, 2.45) is 5.92 Å². The van der Waals surface area contributed by atoms with Gasteiger partial charge in [-0.05, 0) is 12.8 Å². The van der Waals surface area contributed by atoms with Crippen LogP contribution >= 0.6 is 0 Å². The number of rotatable bonds is 4. The van der Waals surface area contributed by atoms with E-state index >= 15 is 0 Å². The van der Waals surface area contributed by atoms with Crippen LogP contribution in [0.2, 0.25) is 0 Å². The van der Waals surface area contributed by atoms with Gasteiger partial charge in [0.2, 0.25) is 0 Å².